The number of benzene rings is 1. The second-order valence-corrected chi connectivity index (χ2v) is 5.55. The van der Waals surface area contributed by atoms with Crippen molar-refractivity contribution in [2.24, 2.45) is 5.92 Å². The average Bonchev–Trinajstić information content (AvgIpc) is 2.48. The zero-order valence-corrected chi connectivity index (χ0v) is 15.0. The first-order valence-corrected chi connectivity index (χ1v) is 7.40. The number of hydrogen-bond acceptors (Lipinski definition) is 3. The Morgan fingerprint density at radius 3 is 2.27 bits per heavy atom. The summed E-state index contributed by atoms with van der Waals surface area (Å²) in [6.45, 7) is 7.35. The number of hydrogen-bond donors (Lipinski definition) is 1. The fourth-order valence-corrected chi connectivity index (χ4v) is 2.67. The molecule has 0 radical (unpaired) electrons. The second kappa shape index (κ2) is 10.8. The van der Waals surface area contributed by atoms with Crippen molar-refractivity contribution in [3.05, 3.63) is 35.9 Å². The number of halogens is 2. The van der Waals surface area contributed by atoms with Gasteiger partial charge in [-0.2, -0.15) is 0 Å². The SMILES string of the molecule is CNCC(C)C(=O)N1CCN(Cc2ccccc2)CC1.Cl.Cl. The average molecular weight is 348 g/mol. The van der Waals surface area contributed by atoms with Gasteiger partial charge in [0.1, 0.15) is 0 Å². The van der Waals surface area contributed by atoms with Crippen LogP contribution in [0.15, 0.2) is 30.3 Å². The Bertz CT molecular complexity index is 423. The highest BCUT2D eigenvalue weighted by molar-refractivity contribution is 5.85. The molecule has 1 atom stereocenters. The number of nitrogens with zero attached hydrogens (tertiary/aromatic N) is 2. The van der Waals surface area contributed by atoms with Crippen molar-refractivity contribution < 1.29 is 4.79 Å². The number of amides is 1. The van der Waals surface area contributed by atoms with Crippen LogP contribution in [0, 0.1) is 5.92 Å². The normalized spacial score (nSPS) is 16.4. The van der Waals surface area contributed by atoms with Gasteiger partial charge in [0.25, 0.3) is 0 Å². The maximum Gasteiger partial charge on any atom is 0.226 e. The summed E-state index contributed by atoms with van der Waals surface area (Å²) in [7, 11) is 1.89. The molecule has 1 unspecified atom stereocenters. The molecule has 1 aliphatic heterocycles. The van der Waals surface area contributed by atoms with E-state index in [1.54, 1.807) is 0 Å². The topological polar surface area (TPSA) is 35.6 Å². The molecular formula is C16H27Cl2N3O. The van der Waals surface area contributed by atoms with Crippen LogP contribution in [0.1, 0.15) is 12.5 Å². The first kappa shape index (κ1) is 21.2. The van der Waals surface area contributed by atoms with Crippen LogP contribution in [0.25, 0.3) is 0 Å². The van der Waals surface area contributed by atoms with Gasteiger partial charge >= 0.3 is 0 Å². The zero-order chi connectivity index (χ0) is 14.4. The molecule has 126 valence electrons. The van der Waals surface area contributed by atoms with Crippen molar-refractivity contribution in [2.45, 2.75) is 13.5 Å². The van der Waals surface area contributed by atoms with Crippen LogP contribution >= 0.6 is 24.8 Å². The van der Waals surface area contributed by atoms with E-state index in [9.17, 15) is 4.79 Å². The Labute approximate surface area is 146 Å². The lowest BCUT2D eigenvalue weighted by molar-refractivity contribution is -0.136. The van der Waals surface area contributed by atoms with Gasteiger partial charge in [-0.3, -0.25) is 9.69 Å². The largest absolute Gasteiger partial charge is 0.340 e. The van der Waals surface area contributed by atoms with E-state index in [0.29, 0.717) is 0 Å². The third-order valence-corrected chi connectivity index (χ3v) is 3.86. The number of carbonyl (C=O) groups is 1. The second-order valence-electron chi connectivity index (χ2n) is 5.55. The third-order valence-electron chi connectivity index (χ3n) is 3.86. The highest BCUT2D eigenvalue weighted by Gasteiger charge is 2.24. The van der Waals surface area contributed by atoms with Gasteiger partial charge in [0, 0.05) is 45.2 Å². The summed E-state index contributed by atoms with van der Waals surface area (Å²) < 4.78 is 0. The van der Waals surface area contributed by atoms with Crippen LogP contribution in [-0.4, -0.2) is 55.5 Å². The van der Waals surface area contributed by atoms with Gasteiger partial charge in [-0.25, -0.2) is 0 Å². The molecule has 0 saturated carbocycles. The van der Waals surface area contributed by atoms with Gasteiger partial charge in [-0.1, -0.05) is 37.3 Å². The van der Waals surface area contributed by atoms with E-state index < -0.39 is 0 Å². The van der Waals surface area contributed by atoms with Crippen LogP contribution in [0.5, 0.6) is 0 Å². The van der Waals surface area contributed by atoms with Gasteiger partial charge in [0.2, 0.25) is 5.91 Å². The van der Waals surface area contributed by atoms with Gasteiger partial charge < -0.3 is 10.2 Å². The summed E-state index contributed by atoms with van der Waals surface area (Å²) in [4.78, 5) is 16.6. The van der Waals surface area contributed by atoms with Crippen molar-refractivity contribution >= 4 is 30.7 Å². The van der Waals surface area contributed by atoms with Gasteiger partial charge in [0.05, 0.1) is 0 Å². The molecule has 1 fully saturated rings. The Balaban J connectivity index is 0.00000220. The summed E-state index contributed by atoms with van der Waals surface area (Å²) in [5.41, 5.74) is 1.34. The highest BCUT2D eigenvalue weighted by atomic mass is 35.5. The first-order chi connectivity index (χ1) is 9.70. The summed E-state index contributed by atoms with van der Waals surface area (Å²) >= 11 is 0. The molecular weight excluding hydrogens is 321 g/mol. The van der Waals surface area contributed by atoms with Crippen molar-refractivity contribution in [3.63, 3.8) is 0 Å². The third kappa shape index (κ3) is 6.13. The summed E-state index contributed by atoms with van der Waals surface area (Å²) in [5, 5.41) is 3.07. The van der Waals surface area contributed by atoms with Crippen molar-refractivity contribution in [3.8, 4) is 0 Å². The fourth-order valence-electron chi connectivity index (χ4n) is 2.67. The van der Waals surface area contributed by atoms with E-state index >= 15 is 0 Å². The lowest BCUT2D eigenvalue weighted by Crippen LogP contribution is -2.50. The number of carbonyl (C=O) groups excluding carboxylic acids is 1. The molecule has 1 saturated heterocycles. The van der Waals surface area contributed by atoms with Crippen LogP contribution in [0.4, 0.5) is 0 Å². The molecule has 1 N–H and O–H groups in total. The summed E-state index contributed by atoms with van der Waals surface area (Å²) in [6, 6.07) is 10.5. The lowest BCUT2D eigenvalue weighted by Gasteiger charge is -2.36. The van der Waals surface area contributed by atoms with Crippen LogP contribution in [-0.2, 0) is 11.3 Å². The quantitative estimate of drug-likeness (QED) is 0.885. The number of rotatable bonds is 5. The Morgan fingerprint density at radius 1 is 1.14 bits per heavy atom. The Hall–Kier alpha value is -0.810. The maximum atomic E-state index is 12.2. The first-order valence-electron chi connectivity index (χ1n) is 7.40. The van der Waals surface area contributed by atoms with Crippen LogP contribution in [0.3, 0.4) is 0 Å². The Morgan fingerprint density at radius 2 is 1.73 bits per heavy atom. The molecule has 4 nitrogen and oxygen atoms in total. The minimum atomic E-state index is 0. The van der Waals surface area contributed by atoms with Crippen molar-refractivity contribution in [1.29, 1.82) is 0 Å². The molecule has 1 aromatic rings. The van der Waals surface area contributed by atoms with E-state index in [1.165, 1.54) is 5.56 Å². The molecule has 1 aliphatic rings. The van der Waals surface area contributed by atoms with E-state index in [1.807, 2.05) is 24.9 Å². The smallest absolute Gasteiger partial charge is 0.226 e. The van der Waals surface area contributed by atoms with Crippen LogP contribution < -0.4 is 5.32 Å². The molecule has 1 heterocycles. The van der Waals surface area contributed by atoms with Crippen molar-refractivity contribution in [1.82, 2.24) is 15.1 Å². The molecule has 6 heteroatoms. The summed E-state index contributed by atoms with van der Waals surface area (Å²) in [5.74, 6) is 0.347. The molecule has 0 bridgehead atoms. The lowest BCUT2D eigenvalue weighted by atomic mass is 10.1. The zero-order valence-electron chi connectivity index (χ0n) is 13.3. The number of piperazine rings is 1. The van der Waals surface area contributed by atoms with Gasteiger partial charge in [-0.15, -0.1) is 24.8 Å². The van der Waals surface area contributed by atoms with E-state index in [2.05, 4.69) is 34.5 Å². The highest BCUT2D eigenvalue weighted by Crippen LogP contribution is 2.10. The summed E-state index contributed by atoms with van der Waals surface area (Å²) in [6.07, 6.45) is 0. The molecule has 2 rings (SSSR count). The molecule has 1 aromatic carbocycles. The van der Waals surface area contributed by atoms with E-state index in [-0.39, 0.29) is 36.6 Å². The molecule has 1 amide bonds. The van der Waals surface area contributed by atoms with Gasteiger partial charge in [0.15, 0.2) is 0 Å². The molecule has 0 aliphatic carbocycles. The van der Waals surface area contributed by atoms with Gasteiger partial charge in [-0.05, 0) is 12.6 Å². The predicted molar refractivity (Wildman–Crippen MR) is 95.9 cm³/mol. The molecule has 0 spiro atoms. The van der Waals surface area contributed by atoms with E-state index in [4.69, 9.17) is 0 Å². The molecule has 22 heavy (non-hydrogen) atoms. The standard InChI is InChI=1S/C16H25N3O.2ClH/c1-14(12-17-2)16(20)19-10-8-18(9-11-19)13-15-6-4-3-5-7-15;;/h3-7,14,17H,8-13H2,1-2H3;2*1H. The Kier molecular flexibility index (Phi) is 10.4. The maximum absolute atomic E-state index is 12.2. The molecule has 0 aromatic heterocycles. The predicted octanol–water partition coefficient (Wildman–Crippen LogP) is 2.03. The fraction of sp³-hybridized carbons (Fsp3) is 0.562. The minimum absolute atomic E-state index is 0. The minimum Gasteiger partial charge on any atom is -0.340 e. The number of nitrogens with one attached hydrogen (secondary N) is 1. The van der Waals surface area contributed by atoms with Crippen molar-refractivity contribution in [2.75, 3.05) is 39.8 Å². The van der Waals surface area contributed by atoms with Crippen LogP contribution in [0.2, 0.25) is 0 Å². The van der Waals surface area contributed by atoms with E-state index in [0.717, 1.165) is 39.3 Å². The monoisotopic (exact) mass is 347 g/mol.